The summed E-state index contributed by atoms with van der Waals surface area (Å²) in [6.07, 6.45) is 8.21. The topological polar surface area (TPSA) is 87.4 Å². The first kappa shape index (κ1) is 17.5. The minimum atomic E-state index is 0.0525. The van der Waals surface area contributed by atoms with Crippen LogP contribution in [-0.4, -0.2) is 58.2 Å². The van der Waals surface area contributed by atoms with Gasteiger partial charge in [0, 0.05) is 63.7 Å². The molecule has 27 heavy (non-hydrogen) atoms. The number of rotatable bonds is 3. The number of hydrogen-bond donors (Lipinski definition) is 2. The Hall–Kier alpha value is -2.90. The SMILES string of the molecule is CN=C(NCc1ccnc(-n2cccn2)c1)N1CCCC2(CNC(=O)C2)C1. The average Bonchev–Trinajstić information content (AvgIpc) is 3.33. The molecule has 0 aromatic carbocycles. The van der Waals surface area contributed by atoms with E-state index >= 15 is 0 Å². The van der Waals surface area contributed by atoms with E-state index in [0.717, 1.165) is 49.8 Å². The Morgan fingerprint density at radius 1 is 1.44 bits per heavy atom. The van der Waals surface area contributed by atoms with Crippen molar-refractivity contribution in [1.29, 1.82) is 0 Å². The maximum Gasteiger partial charge on any atom is 0.220 e. The van der Waals surface area contributed by atoms with Gasteiger partial charge < -0.3 is 15.5 Å². The van der Waals surface area contributed by atoms with Gasteiger partial charge in [0.1, 0.15) is 0 Å². The van der Waals surface area contributed by atoms with E-state index in [9.17, 15) is 4.79 Å². The van der Waals surface area contributed by atoms with E-state index in [0.29, 0.717) is 13.0 Å². The number of guanidine groups is 1. The van der Waals surface area contributed by atoms with Crippen molar-refractivity contribution in [3.63, 3.8) is 0 Å². The average molecular weight is 367 g/mol. The molecule has 2 fully saturated rings. The Morgan fingerprint density at radius 3 is 3.11 bits per heavy atom. The van der Waals surface area contributed by atoms with Gasteiger partial charge in [0.25, 0.3) is 0 Å². The molecule has 0 saturated carbocycles. The van der Waals surface area contributed by atoms with Crippen LogP contribution in [0.25, 0.3) is 5.82 Å². The lowest BCUT2D eigenvalue weighted by Crippen LogP contribution is -2.51. The molecule has 0 aliphatic carbocycles. The van der Waals surface area contributed by atoms with Crippen molar-refractivity contribution < 1.29 is 4.79 Å². The van der Waals surface area contributed by atoms with E-state index in [1.807, 2.05) is 31.4 Å². The molecule has 2 saturated heterocycles. The molecule has 2 aliphatic rings. The van der Waals surface area contributed by atoms with Crippen LogP contribution in [0.4, 0.5) is 0 Å². The second kappa shape index (κ2) is 7.38. The Balaban J connectivity index is 1.41. The van der Waals surface area contributed by atoms with Crippen LogP contribution >= 0.6 is 0 Å². The number of nitrogens with zero attached hydrogens (tertiary/aromatic N) is 5. The summed E-state index contributed by atoms with van der Waals surface area (Å²) in [5.41, 5.74) is 1.16. The monoisotopic (exact) mass is 367 g/mol. The first-order valence-corrected chi connectivity index (χ1v) is 9.35. The third kappa shape index (κ3) is 3.79. The zero-order valence-electron chi connectivity index (χ0n) is 15.6. The van der Waals surface area contributed by atoms with E-state index in [2.05, 4.69) is 30.6 Å². The number of hydrogen-bond acceptors (Lipinski definition) is 4. The standard InChI is InChI=1S/C19H25N7O/c1-20-18(25-8-2-5-19(14-25)11-17(27)23-13-19)22-12-15-4-7-21-16(10-15)26-9-3-6-24-26/h3-4,6-7,9-10H,2,5,8,11-14H2,1H3,(H,20,22)(H,23,27). The Bertz CT molecular complexity index is 832. The highest BCUT2D eigenvalue weighted by molar-refractivity contribution is 5.81. The summed E-state index contributed by atoms with van der Waals surface area (Å²) in [6, 6.07) is 5.89. The fraction of sp³-hybridized carbons (Fsp3) is 0.474. The molecule has 2 aromatic rings. The largest absolute Gasteiger partial charge is 0.355 e. The van der Waals surface area contributed by atoms with Crippen LogP contribution < -0.4 is 10.6 Å². The van der Waals surface area contributed by atoms with E-state index in [-0.39, 0.29) is 11.3 Å². The first-order chi connectivity index (χ1) is 13.2. The third-order valence-electron chi connectivity index (χ3n) is 5.37. The summed E-state index contributed by atoms with van der Waals surface area (Å²) in [6.45, 7) is 3.26. The number of amides is 1. The second-order valence-electron chi connectivity index (χ2n) is 7.35. The van der Waals surface area contributed by atoms with Crippen molar-refractivity contribution in [2.24, 2.45) is 10.4 Å². The molecule has 142 valence electrons. The molecule has 8 nitrogen and oxygen atoms in total. The molecule has 1 amide bonds. The van der Waals surface area contributed by atoms with Crippen LogP contribution in [0.5, 0.6) is 0 Å². The summed E-state index contributed by atoms with van der Waals surface area (Å²) in [5.74, 6) is 1.84. The number of aliphatic imine (C=N–C) groups is 1. The van der Waals surface area contributed by atoms with Crippen molar-refractivity contribution in [2.45, 2.75) is 25.8 Å². The number of carbonyl (C=O) groups is 1. The van der Waals surface area contributed by atoms with Crippen molar-refractivity contribution in [1.82, 2.24) is 30.3 Å². The summed E-state index contributed by atoms with van der Waals surface area (Å²) in [4.78, 5) is 22.8. The molecule has 2 aliphatic heterocycles. The minimum Gasteiger partial charge on any atom is -0.355 e. The Morgan fingerprint density at radius 2 is 2.37 bits per heavy atom. The Kier molecular flexibility index (Phi) is 4.79. The number of likely N-dealkylation sites (tertiary alicyclic amines) is 1. The van der Waals surface area contributed by atoms with Crippen LogP contribution in [0.1, 0.15) is 24.8 Å². The van der Waals surface area contributed by atoms with Crippen molar-refractivity contribution in [3.05, 3.63) is 42.4 Å². The molecule has 2 N–H and O–H groups in total. The lowest BCUT2D eigenvalue weighted by Gasteiger charge is -2.40. The van der Waals surface area contributed by atoms with E-state index < -0.39 is 0 Å². The lowest BCUT2D eigenvalue weighted by molar-refractivity contribution is -0.119. The molecule has 8 heteroatoms. The fourth-order valence-electron chi connectivity index (χ4n) is 4.04. The molecule has 0 radical (unpaired) electrons. The molecular formula is C19H25N7O. The predicted molar refractivity (Wildman–Crippen MR) is 102 cm³/mol. The number of carbonyl (C=O) groups excluding carboxylic acids is 1. The van der Waals surface area contributed by atoms with Gasteiger partial charge in [-0.25, -0.2) is 9.67 Å². The zero-order chi connectivity index (χ0) is 18.7. The molecule has 1 atom stereocenters. The van der Waals surface area contributed by atoms with Crippen molar-refractivity contribution in [3.8, 4) is 5.82 Å². The highest BCUT2D eigenvalue weighted by atomic mass is 16.1. The van der Waals surface area contributed by atoms with Gasteiger partial charge >= 0.3 is 0 Å². The van der Waals surface area contributed by atoms with Crippen molar-refractivity contribution >= 4 is 11.9 Å². The predicted octanol–water partition coefficient (Wildman–Crippen LogP) is 0.945. The first-order valence-electron chi connectivity index (χ1n) is 9.35. The van der Waals surface area contributed by atoms with Crippen LogP contribution in [0.3, 0.4) is 0 Å². The number of pyridine rings is 1. The van der Waals surface area contributed by atoms with Gasteiger partial charge in [0.15, 0.2) is 11.8 Å². The van der Waals surface area contributed by atoms with Crippen LogP contribution in [0.15, 0.2) is 41.8 Å². The summed E-state index contributed by atoms with van der Waals surface area (Å²) in [5, 5.41) is 10.7. The zero-order valence-corrected chi connectivity index (χ0v) is 15.6. The van der Waals surface area contributed by atoms with Gasteiger partial charge in [-0.3, -0.25) is 9.79 Å². The molecule has 2 aromatic heterocycles. The molecule has 1 unspecified atom stereocenters. The van der Waals surface area contributed by atoms with Gasteiger partial charge in [-0.05, 0) is 36.6 Å². The highest BCUT2D eigenvalue weighted by Gasteiger charge is 2.42. The van der Waals surface area contributed by atoms with Gasteiger partial charge in [-0.15, -0.1) is 0 Å². The number of aromatic nitrogens is 3. The minimum absolute atomic E-state index is 0.0525. The lowest BCUT2D eigenvalue weighted by atomic mass is 9.79. The highest BCUT2D eigenvalue weighted by Crippen LogP contribution is 2.35. The summed E-state index contributed by atoms with van der Waals surface area (Å²) in [7, 11) is 1.81. The van der Waals surface area contributed by atoms with Crippen LogP contribution in [0, 0.1) is 5.41 Å². The smallest absolute Gasteiger partial charge is 0.220 e. The maximum absolute atomic E-state index is 11.7. The van der Waals surface area contributed by atoms with Gasteiger partial charge in [-0.2, -0.15) is 5.10 Å². The number of piperidine rings is 1. The molecule has 0 bridgehead atoms. The van der Waals surface area contributed by atoms with Gasteiger partial charge in [0.2, 0.25) is 5.91 Å². The normalized spacial score (nSPS) is 22.9. The molecular weight excluding hydrogens is 342 g/mol. The molecule has 1 spiro atoms. The van der Waals surface area contributed by atoms with Gasteiger partial charge in [-0.1, -0.05) is 0 Å². The molecule has 4 heterocycles. The maximum atomic E-state index is 11.7. The summed E-state index contributed by atoms with van der Waals surface area (Å²) < 4.78 is 1.75. The van der Waals surface area contributed by atoms with Crippen LogP contribution in [-0.2, 0) is 11.3 Å². The fourth-order valence-corrected chi connectivity index (χ4v) is 4.04. The Labute approximate surface area is 158 Å². The van der Waals surface area contributed by atoms with Crippen molar-refractivity contribution in [2.75, 3.05) is 26.7 Å². The quantitative estimate of drug-likeness (QED) is 0.623. The number of nitrogens with one attached hydrogen (secondary N) is 2. The summed E-state index contributed by atoms with van der Waals surface area (Å²) >= 11 is 0. The van der Waals surface area contributed by atoms with E-state index in [1.165, 1.54) is 0 Å². The second-order valence-corrected chi connectivity index (χ2v) is 7.35. The van der Waals surface area contributed by atoms with E-state index in [1.54, 1.807) is 17.1 Å². The van der Waals surface area contributed by atoms with E-state index in [4.69, 9.17) is 0 Å². The molecule has 4 rings (SSSR count). The van der Waals surface area contributed by atoms with Crippen LogP contribution in [0.2, 0.25) is 0 Å². The van der Waals surface area contributed by atoms with Gasteiger partial charge in [0.05, 0.1) is 0 Å². The third-order valence-corrected chi connectivity index (χ3v) is 5.37.